The molecule has 0 unspecified atom stereocenters. The number of hydrogen-bond acceptors (Lipinski definition) is 6. The van der Waals surface area contributed by atoms with E-state index in [0.29, 0.717) is 30.0 Å². The highest BCUT2D eigenvalue weighted by Gasteiger charge is 2.17. The van der Waals surface area contributed by atoms with Crippen molar-refractivity contribution in [2.75, 3.05) is 5.73 Å². The molecule has 0 spiro atoms. The van der Waals surface area contributed by atoms with Gasteiger partial charge in [0.15, 0.2) is 11.5 Å². The van der Waals surface area contributed by atoms with Crippen LogP contribution in [0.2, 0.25) is 0 Å². The number of nitrogen functional groups attached to an aromatic ring is 1. The maximum atomic E-state index is 12.5. The number of imidazole rings is 1. The lowest BCUT2D eigenvalue weighted by molar-refractivity contribution is 0.761. The summed E-state index contributed by atoms with van der Waals surface area (Å²) in [4.78, 5) is 25.5. The van der Waals surface area contributed by atoms with Gasteiger partial charge in [-0.1, -0.05) is 19.7 Å². The lowest BCUT2D eigenvalue weighted by atomic mass is 10.2. The van der Waals surface area contributed by atoms with Crippen molar-refractivity contribution < 1.29 is 0 Å². The first-order valence-corrected chi connectivity index (χ1v) is 7.79. The molecule has 23 heavy (non-hydrogen) atoms. The van der Waals surface area contributed by atoms with Crippen molar-refractivity contribution in [3.8, 4) is 0 Å². The van der Waals surface area contributed by atoms with E-state index in [9.17, 15) is 4.79 Å². The number of rotatable bonds is 4. The maximum Gasteiger partial charge on any atom is 0.340 e. The van der Waals surface area contributed by atoms with E-state index in [1.807, 2.05) is 26.0 Å². The molecule has 8 heteroatoms. The summed E-state index contributed by atoms with van der Waals surface area (Å²) < 4.78 is 2.77. The van der Waals surface area contributed by atoms with Gasteiger partial charge in [-0.2, -0.15) is 0 Å². The second-order valence-corrected chi connectivity index (χ2v) is 5.83. The molecule has 0 bridgehead atoms. The average molecular weight is 330 g/mol. The van der Waals surface area contributed by atoms with Gasteiger partial charge in [-0.15, -0.1) is 0 Å². The van der Waals surface area contributed by atoms with Crippen LogP contribution in [0.1, 0.15) is 30.4 Å². The van der Waals surface area contributed by atoms with Crippen LogP contribution in [0, 0.1) is 6.92 Å². The first-order valence-electron chi connectivity index (χ1n) is 7.39. The lowest BCUT2D eigenvalue weighted by Crippen LogP contribution is -2.21. The van der Waals surface area contributed by atoms with Crippen LogP contribution in [0.3, 0.4) is 0 Å². The Morgan fingerprint density at radius 2 is 2.13 bits per heavy atom. The zero-order valence-electron chi connectivity index (χ0n) is 13.0. The summed E-state index contributed by atoms with van der Waals surface area (Å²) in [7, 11) is 0. The second kappa shape index (κ2) is 6.04. The summed E-state index contributed by atoms with van der Waals surface area (Å²) in [6.45, 7) is 4.34. The van der Waals surface area contributed by atoms with Crippen molar-refractivity contribution in [3.63, 3.8) is 0 Å². The lowest BCUT2D eigenvalue weighted by Gasteiger charge is -2.05. The number of aromatic nitrogens is 5. The van der Waals surface area contributed by atoms with Crippen molar-refractivity contribution >= 4 is 29.8 Å². The van der Waals surface area contributed by atoms with Gasteiger partial charge in [-0.25, -0.2) is 18.7 Å². The minimum atomic E-state index is -0.285. The molecule has 0 radical (unpaired) electrons. The van der Waals surface area contributed by atoms with Crippen molar-refractivity contribution in [1.29, 1.82) is 0 Å². The third-order valence-electron chi connectivity index (χ3n) is 3.59. The standard InChI is InChI=1S/C15H18N6OS/c1-3-4-11-18-13(16)12-14(19-11)20(15(22)21(12)23)8-10-5-6-17-9(2)7-10/h5-7,23H,3-4,8H2,1-2H3,(H2,16,18,19). The van der Waals surface area contributed by atoms with E-state index >= 15 is 0 Å². The van der Waals surface area contributed by atoms with Gasteiger partial charge in [0.2, 0.25) is 0 Å². The Hall–Kier alpha value is -2.35. The van der Waals surface area contributed by atoms with E-state index in [4.69, 9.17) is 5.73 Å². The van der Waals surface area contributed by atoms with Gasteiger partial charge in [0, 0.05) is 18.3 Å². The van der Waals surface area contributed by atoms with Crippen LogP contribution in [0.15, 0.2) is 23.1 Å². The predicted molar refractivity (Wildman–Crippen MR) is 92.7 cm³/mol. The molecule has 0 amide bonds. The summed E-state index contributed by atoms with van der Waals surface area (Å²) >= 11 is 4.24. The van der Waals surface area contributed by atoms with E-state index in [1.54, 1.807) is 10.8 Å². The topological polar surface area (TPSA) is 91.6 Å². The van der Waals surface area contributed by atoms with Crippen molar-refractivity contribution in [1.82, 2.24) is 23.5 Å². The number of thiol groups is 1. The molecule has 0 aromatic carbocycles. The van der Waals surface area contributed by atoms with Gasteiger partial charge in [0.25, 0.3) is 0 Å². The van der Waals surface area contributed by atoms with Crippen LogP contribution in [-0.4, -0.2) is 23.5 Å². The monoisotopic (exact) mass is 330 g/mol. The summed E-state index contributed by atoms with van der Waals surface area (Å²) in [6.07, 6.45) is 3.34. The fraction of sp³-hybridized carbons (Fsp3) is 0.333. The molecule has 3 heterocycles. The van der Waals surface area contributed by atoms with E-state index < -0.39 is 0 Å². The Morgan fingerprint density at radius 3 is 2.83 bits per heavy atom. The van der Waals surface area contributed by atoms with E-state index in [1.165, 1.54) is 3.97 Å². The largest absolute Gasteiger partial charge is 0.382 e. The maximum absolute atomic E-state index is 12.5. The number of pyridine rings is 1. The molecule has 0 aliphatic heterocycles. The number of nitrogens with two attached hydrogens (primary N) is 1. The molecule has 0 aliphatic rings. The molecule has 3 aromatic rings. The molecule has 0 fully saturated rings. The highest BCUT2D eigenvalue weighted by atomic mass is 32.1. The minimum Gasteiger partial charge on any atom is -0.382 e. The van der Waals surface area contributed by atoms with Gasteiger partial charge in [0.1, 0.15) is 11.3 Å². The molecule has 2 N–H and O–H groups in total. The van der Waals surface area contributed by atoms with E-state index in [2.05, 4.69) is 27.8 Å². The first kappa shape index (κ1) is 15.5. The van der Waals surface area contributed by atoms with Crippen LogP contribution in [0.25, 0.3) is 11.2 Å². The summed E-state index contributed by atoms with van der Waals surface area (Å²) in [5.41, 5.74) is 8.54. The van der Waals surface area contributed by atoms with Crippen LogP contribution in [0.5, 0.6) is 0 Å². The highest BCUT2D eigenvalue weighted by molar-refractivity contribution is 7.78. The van der Waals surface area contributed by atoms with Crippen molar-refractivity contribution in [3.05, 3.63) is 45.9 Å². The Labute approximate surface area is 138 Å². The average Bonchev–Trinajstić information content (AvgIpc) is 2.73. The number of anilines is 1. The number of nitrogens with zero attached hydrogens (tertiary/aromatic N) is 5. The van der Waals surface area contributed by atoms with Gasteiger partial charge >= 0.3 is 5.69 Å². The number of aryl methyl sites for hydroxylation is 2. The zero-order chi connectivity index (χ0) is 16.6. The normalized spacial score (nSPS) is 11.3. The van der Waals surface area contributed by atoms with Crippen LogP contribution >= 0.6 is 12.8 Å². The molecular weight excluding hydrogens is 312 g/mol. The SMILES string of the molecule is CCCc1nc(N)c2c(n1)n(Cc1ccnc(C)c1)c(=O)n2S. The number of hydrogen-bond donors (Lipinski definition) is 2. The zero-order valence-corrected chi connectivity index (χ0v) is 13.9. The first-order chi connectivity index (χ1) is 11.0. The third-order valence-corrected chi connectivity index (χ3v) is 3.96. The fourth-order valence-corrected chi connectivity index (χ4v) is 2.86. The van der Waals surface area contributed by atoms with Crippen LogP contribution < -0.4 is 11.4 Å². The van der Waals surface area contributed by atoms with Crippen LogP contribution in [0.4, 0.5) is 5.82 Å². The van der Waals surface area contributed by atoms with Gasteiger partial charge in [-0.3, -0.25) is 9.55 Å². The molecule has 7 nitrogen and oxygen atoms in total. The summed E-state index contributed by atoms with van der Waals surface area (Å²) in [6, 6.07) is 3.81. The Bertz CT molecular complexity index is 930. The van der Waals surface area contributed by atoms with Gasteiger partial charge < -0.3 is 5.73 Å². The fourth-order valence-electron chi connectivity index (χ4n) is 2.56. The molecule has 0 saturated carbocycles. The molecule has 0 atom stereocenters. The molecule has 3 aromatic heterocycles. The summed E-state index contributed by atoms with van der Waals surface area (Å²) in [5.74, 6) is 0.909. The molecule has 3 rings (SSSR count). The molecule has 0 saturated heterocycles. The van der Waals surface area contributed by atoms with Gasteiger partial charge in [-0.05, 0) is 31.0 Å². The van der Waals surface area contributed by atoms with E-state index in [0.717, 1.165) is 17.7 Å². The van der Waals surface area contributed by atoms with Gasteiger partial charge in [0.05, 0.1) is 6.54 Å². The quantitative estimate of drug-likeness (QED) is 0.709. The Morgan fingerprint density at radius 1 is 1.35 bits per heavy atom. The van der Waals surface area contributed by atoms with Crippen LogP contribution in [-0.2, 0) is 13.0 Å². The summed E-state index contributed by atoms with van der Waals surface area (Å²) in [5, 5.41) is 0. The van der Waals surface area contributed by atoms with Crippen molar-refractivity contribution in [2.45, 2.75) is 33.2 Å². The Balaban J connectivity index is 2.19. The highest BCUT2D eigenvalue weighted by Crippen LogP contribution is 2.19. The predicted octanol–water partition coefficient (Wildman–Crippen LogP) is 1.57. The molecular formula is C15H18N6OS. The molecule has 120 valence electrons. The molecule has 0 aliphatic carbocycles. The third kappa shape index (κ3) is 2.81. The Kier molecular flexibility index (Phi) is 4.08. The number of fused-ring (bicyclic) bond motifs is 1. The van der Waals surface area contributed by atoms with E-state index in [-0.39, 0.29) is 11.5 Å². The second-order valence-electron chi connectivity index (χ2n) is 5.43. The smallest absolute Gasteiger partial charge is 0.340 e. The minimum absolute atomic E-state index is 0.273. The van der Waals surface area contributed by atoms with Crippen molar-refractivity contribution in [2.24, 2.45) is 0 Å².